The SMILES string of the molecule is CCc1cc(NC2CCN(CC)CC2)nc(C)n1. The average Bonchev–Trinajstić information content (AvgIpc) is 2.39. The van der Waals surface area contributed by atoms with Crippen LogP contribution in [0.15, 0.2) is 6.07 Å². The molecule has 18 heavy (non-hydrogen) atoms. The van der Waals surface area contributed by atoms with Crippen LogP contribution in [-0.2, 0) is 6.42 Å². The number of aryl methyl sites for hydroxylation is 2. The maximum absolute atomic E-state index is 4.48. The lowest BCUT2D eigenvalue weighted by Crippen LogP contribution is -2.39. The van der Waals surface area contributed by atoms with Gasteiger partial charge in [-0.1, -0.05) is 13.8 Å². The van der Waals surface area contributed by atoms with Crippen LogP contribution in [0.5, 0.6) is 0 Å². The number of likely N-dealkylation sites (tertiary alicyclic amines) is 1. The molecule has 0 aromatic carbocycles. The fourth-order valence-electron chi connectivity index (χ4n) is 2.49. The Bertz CT molecular complexity index is 383. The van der Waals surface area contributed by atoms with Crippen molar-refractivity contribution in [1.29, 1.82) is 0 Å². The molecule has 2 heterocycles. The van der Waals surface area contributed by atoms with Gasteiger partial charge in [-0.05, 0) is 32.7 Å². The van der Waals surface area contributed by atoms with Crippen molar-refractivity contribution in [2.24, 2.45) is 0 Å². The summed E-state index contributed by atoms with van der Waals surface area (Å²) in [7, 11) is 0. The van der Waals surface area contributed by atoms with E-state index in [1.807, 2.05) is 6.92 Å². The molecule has 1 aromatic heterocycles. The summed E-state index contributed by atoms with van der Waals surface area (Å²) in [5, 5.41) is 3.56. The number of piperidine rings is 1. The number of aromatic nitrogens is 2. The van der Waals surface area contributed by atoms with E-state index in [0.29, 0.717) is 6.04 Å². The summed E-state index contributed by atoms with van der Waals surface area (Å²) in [5.74, 6) is 1.86. The zero-order chi connectivity index (χ0) is 13.0. The summed E-state index contributed by atoms with van der Waals surface area (Å²) < 4.78 is 0. The van der Waals surface area contributed by atoms with Crippen molar-refractivity contribution in [2.75, 3.05) is 25.0 Å². The van der Waals surface area contributed by atoms with Crippen molar-refractivity contribution in [3.63, 3.8) is 0 Å². The van der Waals surface area contributed by atoms with Gasteiger partial charge in [-0.25, -0.2) is 9.97 Å². The van der Waals surface area contributed by atoms with Crippen molar-refractivity contribution >= 4 is 5.82 Å². The summed E-state index contributed by atoms with van der Waals surface area (Å²) in [5.41, 5.74) is 1.12. The minimum atomic E-state index is 0.562. The second-order valence-corrected chi connectivity index (χ2v) is 5.00. The average molecular weight is 248 g/mol. The molecule has 0 atom stereocenters. The third-order valence-corrected chi connectivity index (χ3v) is 3.64. The number of hydrogen-bond donors (Lipinski definition) is 1. The van der Waals surface area contributed by atoms with Crippen LogP contribution in [0.4, 0.5) is 5.82 Å². The van der Waals surface area contributed by atoms with Crippen LogP contribution in [0.3, 0.4) is 0 Å². The van der Waals surface area contributed by atoms with Gasteiger partial charge in [-0.2, -0.15) is 0 Å². The number of anilines is 1. The monoisotopic (exact) mass is 248 g/mol. The molecule has 1 saturated heterocycles. The van der Waals surface area contributed by atoms with Crippen LogP contribution in [0.1, 0.15) is 38.2 Å². The van der Waals surface area contributed by atoms with Crippen LogP contribution in [-0.4, -0.2) is 40.5 Å². The van der Waals surface area contributed by atoms with E-state index in [4.69, 9.17) is 0 Å². The van der Waals surface area contributed by atoms with E-state index < -0.39 is 0 Å². The standard InChI is InChI=1S/C14H24N4/c1-4-12-10-14(16-11(3)15-12)17-13-6-8-18(5-2)9-7-13/h10,13H,4-9H2,1-3H3,(H,15,16,17). The summed E-state index contributed by atoms with van der Waals surface area (Å²) in [6, 6.07) is 2.64. The molecule has 1 aliphatic rings. The normalized spacial score (nSPS) is 17.9. The smallest absolute Gasteiger partial charge is 0.130 e. The molecule has 1 fully saturated rings. The van der Waals surface area contributed by atoms with Gasteiger partial charge in [-0.15, -0.1) is 0 Å². The van der Waals surface area contributed by atoms with Gasteiger partial charge < -0.3 is 10.2 Å². The number of nitrogens with zero attached hydrogens (tertiary/aromatic N) is 3. The van der Waals surface area contributed by atoms with E-state index in [-0.39, 0.29) is 0 Å². The topological polar surface area (TPSA) is 41.0 Å². The third-order valence-electron chi connectivity index (χ3n) is 3.64. The van der Waals surface area contributed by atoms with Crippen LogP contribution < -0.4 is 5.32 Å². The quantitative estimate of drug-likeness (QED) is 0.887. The number of rotatable bonds is 4. The summed E-state index contributed by atoms with van der Waals surface area (Å²) in [6.45, 7) is 9.88. The molecule has 2 rings (SSSR count). The fourth-order valence-corrected chi connectivity index (χ4v) is 2.49. The molecule has 1 aromatic rings. The van der Waals surface area contributed by atoms with Crippen molar-refractivity contribution in [3.05, 3.63) is 17.6 Å². The lowest BCUT2D eigenvalue weighted by molar-refractivity contribution is 0.229. The highest BCUT2D eigenvalue weighted by Gasteiger charge is 2.18. The first-order chi connectivity index (χ1) is 8.71. The molecule has 0 amide bonds. The Morgan fingerprint density at radius 2 is 2.00 bits per heavy atom. The Morgan fingerprint density at radius 1 is 1.28 bits per heavy atom. The van der Waals surface area contributed by atoms with E-state index in [2.05, 4.69) is 40.1 Å². The van der Waals surface area contributed by atoms with Gasteiger partial charge in [-0.3, -0.25) is 0 Å². The lowest BCUT2D eigenvalue weighted by atomic mass is 10.1. The minimum absolute atomic E-state index is 0.562. The summed E-state index contributed by atoms with van der Waals surface area (Å²) in [6.07, 6.45) is 3.38. The maximum Gasteiger partial charge on any atom is 0.130 e. The number of hydrogen-bond acceptors (Lipinski definition) is 4. The van der Waals surface area contributed by atoms with E-state index in [9.17, 15) is 0 Å². The molecule has 0 bridgehead atoms. The first-order valence-electron chi connectivity index (χ1n) is 7.04. The maximum atomic E-state index is 4.48. The van der Waals surface area contributed by atoms with Crippen molar-refractivity contribution in [3.8, 4) is 0 Å². The van der Waals surface area contributed by atoms with Crippen LogP contribution in [0.25, 0.3) is 0 Å². The molecule has 0 spiro atoms. The second kappa shape index (κ2) is 6.14. The van der Waals surface area contributed by atoms with Gasteiger partial charge in [0, 0.05) is 30.9 Å². The predicted molar refractivity (Wildman–Crippen MR) is 74.9 cm³/mol. The molecular formula is C14H24N4. The van der Waals surface area contributed by atoms with Crippen molar-refractivity contribution in [2.45, 2.75) is 46.1 Å². The van der Waals surface area contributed by atoms with Gasteiger partial charge in [0.25, 0.3) is 0 Å². The predicted octanol–water partition coefficient (Wildman–Crippen LogP) is 2.24. The number of nitrogens with one attached hydrogen (secondary N) is 1. The van der Waals surface area contributed by atoms with Gasteiger partial charge in [0.2, 0.25) is 0 Å². The molecule has 1 aliphatic heterocycles. The summed E-state index contributed by atoms with van der Waals surface area (Å²) in [4.78, 5) is 11.4. The fraction of sp³-hybridized carbons (Fsp3) is 0.714. The van der Waals surface area contributed by atoms with E-state index in [0.717, 1.165) is 23.8 Å². The zero-order valence-electron chi connectivity index (χ0n) is 11.7. The highest BCUT2D eigenvalue weighted by atomic mass is 15.1. The summed E-state index contributed by atoms with van der Waals surface area (Å²) >= 11 is 0. The van der Waals surface area contributed by atoms with Gasteiger partial charge in [0.15, 0.2) is 0 Å². The molecule has 0 unspecified atom stereocenters. The third kappa shape index (κ3) is 3.42. The van der Waals surface area contributed by atoms with Crippen molar-refractivity contribution in [1.82, 2.24) is 14.9 Å². The Labute approximate surface area is 110 Å². The van der Waals surface area contributed by atoms with Gasteiger partial charge >= 0.3 is 0 Å². The molecule has 4 nitrogen and oxygen atoms in total. The lowest BCUT2D eigenvalue weighted by Gasteiger charge is -2.31. The largest absolute Gasteiger partial charge is 0.367 e. The van der Waals surface area contributed by atoms with Gasteiger partial charge in [0.05, 0.1) is 0 Å². The Morgan fingerprint density at radius 3 is 2.61 bits per heavy atom. The first-order valence-corrected chi connectivity index (χ1v) is 7.04. The molecule has 1 N–H and O–H groups in total. The Balaban J connectivity index is 1.95. The molecular weight excluding hydrogens is 224 g/mol. The highest BCUT2D eigenvalue weighted by Crippen LogP contribution is 2.16. The Hall–Kier alpha value is -1.16. The van der Waals surface area contributed by atoms with Crippen LogP contribution >= 0.6 is 0 Å². The molecule has 0 saturated carbocycles. The first kappa shape index (κ1) is 13.3. The van der Waals surface area contributed by atoms with Gasteiger partial charge in [0.1, 0.15) is 11.6 Å². The minimum Gasteiger partial charge on any atom is -0.367 e. The van der Waals surface area contributed by atoms with Crippen molar-refractivity contribution < 1.29 is 0 Å². The molecule has 100 valence electrons. The molecule has 4 heteroatoms. The van der Waals surface area contributed by atoms with E-state index in [1.165, 1.54) is 32.5 Å². The molecule has 0 aliphatic carbocycles. The van der Waals surface area contributed by atoms with Crippen LogP contribution in [0.2, 0.25) is 0 Å². The highest BCUT2D eigenvalue weighted by molar-refractivity contribution is 5.37. The van der Waals surface area contributed by atoms with E-state index in [1.54, 1.807) is 0 Å². The Kier molecular flexibility index (Phi) is 4.53. The van der Waals surface area contributed by atoms with Crippen LogP contribution in [0, 0.1) is 6.92 Å². The second-order valence-electron chi connectivity index (χ2n) is 5.00. The molecule has 0 radical (unpaired) electrons. The zero-order valence-corrected chi connectivity index (χ0v) is 11.7. The van der Waals surface area contributed by atoms with E-state index >= 15 is 0 Å².